The Bertz CT molecular complexity index is 804. The summed E-state index contributed by atoms with van der Waals surface area (Å²) >= 11 is 0. The Balaban J connectivity index is 1.74. The van der Waals surface area contributed by atoms with Crippen LogP contribution in [0.3, 0.4) is 0 Å². The van der Waals surface area contributed by atoms with Crippen LogP contribution in [0.5, 0.6) is 0 Å². The fraction of sp³-hybridized carbons (Fsp3) is 0.579. The summed E-state index contributed by atoms with van der Waals surface area (Å²) < 4.78 is 27.3. The van der Waals surface area contributed by atoms with Gasteiger partial charge in [-0.25, -0.2) is 13.1 Å². The number of rotatable bonds is 6. The van der Waals surface area contributed by atoms with Crippen molar-refractivity contribution in [3.8, 4) is 0 Å². The maximum absolute atomic E-state index is 12.7. The first-order valence-corrected chi connectivity index (χ1v) is 11.0. The molecule has 2 aliphatic rings. The average Bonchev–Trinajstić information content (AvgIpc) is 3.40. The summed E-state index contributed by atoms with van der Waals surface area (Å²) in [4.78, 5) is 24.3. The summed E-state index contributed by atoms with van der Waals surface area (Å²) in [5.74, 6) is -1.94. The zero-order chi connectivity index (χ0) is 19.4. The lowest BCUT2D eigenvalue weighted by Gasteiger charge is -2.27. The molecule has 1 aromatic rings. The maximum Gasteiger partial charge on any atom is 0.308 e. The molecule has 3 N–H and O–H groups in total. The molecule has 1 aromatic carbocycles. The smallest absolute Gasteiger partial charge is 0.308 e. The van der Waals surface area contributed by atoms with E-state index in [9.17, 15) is 23.1 Å². The van der Waals surface area contributed by atoms with Crippen molar-refractivity contribution in [3.63, 3.8) is 0 Å². The summed E-state index contributed by atoms with van der Waals surface area (Å²) in [5.41, 5.74) is 0.222. The zero-order valence-electron chi connectivity index (χ0n) is 15.2. The molecule has 2 atom stereocenters. The first kappa shape index (κ1) is 19.8. The Kier molecular flexibility index (Phi) is 6.16. The third-order valence-electron chi connectivity index (χ3n) is 5.21. The molecule has 3 rings (SSSR count). The van der Waals surface area contributed by atoms with Crippen LogP contribution >= 0.6 is 0 Å². The van der Waals surface area contributed by atoms with Gasteiger partial charge in [0.05, 0.1) is 10.8 Å². The van der Waals surface area contributed by atoms with Gasteiger partial charge in [0, 0.05) is 17.6 Å². The number of amides is 1. The van der Waals surface area contributed by atoms with Crippen LogP contribution in [0.4, 0.5) is 0 Å². The van der Waals surface area contributed by atoms with Crippen LogP contribution in [0.1, 0.15) is 61.7 Å². The van der Waals surface area contributed by atoms with Crippen LogP contribution < -0.4 is 10.0 Å². The number of carboxylic acid groups (broad SMARTS) is 1. The van der Waals surface area contributed by atoms with Crippen molar-refractivity contribution in [1.29, 1.82) is 0 Å². The van der Waals surface area contributed by atoms with Gasteiger partial charge in [0.15, 0.2) is 0 Å². The average molecular weight is 394 g/mol. The lowest BCUT2D eigenvalue weighted by atomic mass is 9.86. The number of nitrogens with one attached hydrogen (secondary N) is 2. The molecule has 0 aliphatic heterocycles. The first-order chi connectivity index (χ1) is 12.9. The molecule has 2 unspecified atom stereocenters. The Morgan fingerprint density at radius 3 is 2.37 bits per heavy atom. The molecule has 0 bridgehead atoms. The molecule has 27 heavy (non-hydrogen) atoms. The fourth-order valence-electron chi connectivity index (χ4n) is 3.50. The molecule has 2 fully saturated rings. The van der Waals surface area contributed by atoms with Crippen molar-refractivity contribution >= 4 is 21.9 Å². The van der Waals surface area contributed by atoms with Crippen LogP contribution in [0.2, 0.25) is 0 Å². The highest BCUT2D eigenvalue weighted by atomic mass is 32.2. The third-order valence-corrected chi connectivity index (χ3v) is 6.72. The van der Waals surface area contributed by atoms with Gasteiger partial charge in [0.25, 0.3) is 5.91 Å². The molecule has 8 heteroatoms. The van der Waals surface area contributed by atoms with Crippen LogP contribution in [-0.4, -0.2) is 37.5 Å². The Morgan fingerprint density at radius 2 is 1.70 bits per heavy atom. The summed E-state index contributed by atoms with van der Waals surface area (Å²) in [6.07, 6.45) is 6.56. The minimum absolute atomic E-state index is 0.0151. The summed E-state index contributed by atoms with van der Waals surface area (Å²) in [5, 5.41) is 12.3. The minimum Gasteiger partial charge on any atom is -0.481 e. The van der Waals surface area contributed by atoms with Crippen LogP contribution in [-0.2, 0) is 14.8 Å². The van der Waals surface area contributed by atoms with E-state index in [1.807, 2.05) is 0 Å². The monoisotopic (exact) mass is 394 g/mol. The fourth-order valence-corrected chi connectivity index (χ4v) is 4.85. The van der Waals surface area contributed by atoms with Gasteiger partial charge in [-0.05, 0) is 43.9 Å². The van der Waals surface area contributed by atoms with E-state index in [0.717, 1.165) is 38.5 Å². The first-order valence-electron chi connectivity index (χ1n) is 9.53. The molecule has 2 saturated carbocycles. The highest BCUT2D eigenvalue weighted by Crippen LogP contribution is 2.25. The van der Waals surface area contributed by atoms with Gasteiger partial charge < -0.3 is 10.4 Å². The number of benzene rings is 1. The molecule has 0 saturated heterocycles. The second-order valence-electron chi connectivity index (χ2n) is 7.44. The van der Waals surface area contributed by atoms with Crippen LogP contribution in [0.25, 0.3) is 0 Å². The molecular formula is C19H26N2O5S. The van der Waals surface area contributed by atoms with Crippen molar-refractivity contribution in [2.24, 2.45) is 5.92 Å². The van der Waals surface area contributed by atoms with E-state index in [2.05, 4.69) is 10.0 Å². The molecule has 7 nitrogen and oxygen atoms in total. The number of sulfonamides is 1. The zero-order valence-corrected chi connectivity index (χ0v) is 16.0. The van der Waals surface area contributed by atoms with Crippen molar-refractivity contribution in [2.75, 3.05) is 0 Å². The topological polar surface area (TPSA) is 113 Å². The van der Waals surface area contributed by atoms with Gasteiger partial charge in [-0.2, -0.15) is 0 Å². The SMILES string of the molecule is O=C(NC1CCCCCCC1C(=O)O)c1cccc(S(=O)(=O)NC2CC2)c1. The van der Waals surface area contributed by atoms with Gasteiger partial charge in [-0.3, -0.25) is 9.59 Å². The summed E-state index contributed by atoms with van der Waals surface area (Å²) in [6, 6.07) is 5.42. The third kappa shape index (κ3) is 5.29. The second kappa shape index (κ2) is 8.39. The summed E-state index contributed by atoms with van der Waals surface area (Å²) in [6.45, 7) is 0. The van der Waals surface area contributed by atoms with E-state index < -0.39 is 33.9 Å². The second-order valence-corrected chi connectivity index (χ2v) is 9.15. The molecule has 0 aromatic heterocycles. The van der Waals surface area contributed by atoms with E-state index in [-0.39, 0.29) is 16.5 Å². The molecule has 1 amide bonds. The van der Waals surface area contributed by atoms with Crippen molar-refractivity contribution in [2.45, 2.75) is 68.3 Å². The van der Waals surface area contributed by atoms with E-state index in [1.165, 1.54) is 18.2 Å². The Morgan fingerprint density at radius 1 is 1.00 bits per heavy atom. The molecule has 148 valence electrons. The quantitative estimate of drug-likeness (QED) is 0.685. The predicted octanol–water partition coefficient (Wildman–Crippen LogP) is 2.28. The molecule has 0 radical (unpaired) electrons. The number of carbonyl (C=O) groups is 2. The number of carboxylic acids is 1. The Labute approximate surface area is 159 Å². The van der Waals surface area contributed by atoms with Gasteiger partial charge in [0.1, 0.15) is 0 Å². The van der Waals surface area contributed by atoms with E-state index in [0.29, 0.717) is 12.8 Å². The van der Waals surface area contributed by atoms with Crippen LogP contribution in [0.15, 0.2) is 29.2 Å². The maximum atomic E-state index is 12.7. The molecule has 0 spiro atoms. The number of carbonyl (C=O) groups excluding carboxylic acids is 1. The van der Waals surface area contributed by atoms with E-state index in [4.69, 9.17) is 0 Å². The molecule has 2 aliphatic carbocycles. The molecular weight excluding hydrogens is 368 g/mol. The number of aliphatic carboxylic acids is 1. The van der Waals surface area contributed by atoms with Crippen molar-refractivity contribution in [1.82, 2.24) is 10.0 Å². The Hall–Kier alpha value is -1.93. The largest absolute Gasteiger partial charge is 0.481 e. The number of hydrogen-bond donors (Lipinski definition) is 3. The van der Waals surface area contributed by atoms with Crippen molar-refractivity contribution in [3.05, 3.63) is 29.8 Å². The predicted molar refractivity (Wildman–Crippen MR) is 99.9 cm³/mol. The van der Waals surface area contributed by atoms with Crippen LogP contribution in [0, 0.1) is 5.92 Å². The molecule has 0 heterocycles. The van der Waals surface area contributed by atoms with Gasteiger partial charge in [0.2, 0.25) is 10.0 Å². The minimum atomic E-state index is -3.65. The van der Waals surface area contributed by atoms with E-state index in [1.54, 1.807) is 6.07 Å². The summed E-state index contributed by atoms with van der Waals surface area (Å²) in [7, 11) is -3.65. The highest BCUT2D eigenvalue weighted by molar-refractivity contribution is 7.89. The normalized spacial score (nSPS) is 23.9. The van der Waals surface area contributed by atoms with Crippen molar-refractivity contribution < 1.29 is 23.1 Å². The number of hydrogen-bond acceptors (Lipinski definition) is 4. The highest BCUT2D eigenvalue weighted by Gasteiger charge is 2.31. The van der Waals surface area contributed by atoms with Gasteiger partial charge in [-0.15, -0.1) is 0 Å². The lowest BCUT2D eigenvalue weighted by molar-refractivity contribution is -0.143. The standard InChI is InChI=1S/C19H26N2O5S/c22-18(20-17-9-4-2-1-3-8-16(17)19(23)24)13-6-5-7-15(12-13)27(25,26)21-14-10-11-14/h5-7,12,14,16-17,21H,1-4,8-11H2,(H,20,22)(H,23,24). The van der Waals surface area contributed by atoms with Gasteiger partial charge in [-0.1, -0.05) is 31.7 Å². The lowest BCUT2D eigenvalue weighted by Crippen LogP contribution is -2.44. The van der Waals surface area contributed by atoms with E-state index >= 15 is 0 Å². The van der Waals surface area contributed by atoms with Gasteiger partial charge >= 0.3 is 5.97 Å².